The molecule has 0 aliphatic heterocycles. The van der Waals surface area contributed by atoms with Crippen LogP contribution < -0.4 is 5.32 Å². The fourth-order valence-corrected chi connectivity index (χ4v) is 1.86. The number of carbonyl (C=O) groups is 1. The monoisotopic (exact) mass is 205 g/mol. The average Bonchev–Trinajstić information content (AvgIpc) is 2.28. The standard InChI is InChI=1S/C13H19NO/c1-4-7-10(2)11-8-5-6-9-12(11)13(15)14-3/h5-6,8-10H,4,7H2,1-3H3,(H,14,15). The van der Waals surface area contributed by atoms with E-state index in [1.54, 1.807) is 7.05 Å². The first kappa shape index (κ1) is 11.8. The largest absolute Gasteiger partial charge is 0.355 e. The van der Waals surface area contributed by atoms with Crippen molar-refractivity contribution >= 4 is 5.91 Å². The second-order valence-electron chi connectivity index (χ2n) is 3.86. The van der Waals surface area contributed by atoms with Crippen molar-refractivity contribution in [3.8, 4) is 0 Å². The van der Waals surface area contributed by atoms with Crippen LogP contribution in [0, 0.1) is 0 Å². The van der Waals surface area contributed by atoms with Gasteiger partial charge in [0.1, 0.15) is 0 Å². The van der Waals surface area contributed by atoms with Crippen LogP contribution in [0.4, 0.5) is 0 Å². The average molecular weight is 205 g/mol. The fourth-order valence-electron chi connectivity index (χ4n) is 1.86. The first-order valence-electron chi connectivity index (χ1n) is 5.51. The third kappa shape index (κ3) is 2.82. The molecule has 82 valence electrons. The summed E-state index contributed by atoms with van der Waals surface area (Å²) >= 11 is 0. The van der Waals surface area contributed by atoms with Gasteiger partial charge in [0.15, 0.2) is 0 Å². The minimum atomic E-state index is 0.00792. The van der Waals surface area contributed by atoms with Crippen LogP contribution in [-0.2, 0) is 0 Å². The first-order valence-corrected chi connectivity index (χ1v) is 5.51. The van der Waals surface area contributed by atoms with Crippen molar-refractivity contribution in [1.29, 1.82) is 0 Å². The Bertz CT molecular complexity index is 333. The van der Waals surface area contributed by atoms with Gasteiger partial charge in [0, 0.05) is 12.6 Å². The van der Waals surface area contributed by atoms with Crippen molar-refractivity contribution in [3.63, 3.8) is 0 Å². The summed E-state index contributed by atoms with van der Waals surface area (Å²) in [7, 11) is 1.67. The Kier molecular flexibility index (Phi) is 4.35. The van der Waals surface area contributed by atoms with Gasteiger partial charge >= 0.3 is 0 Å². The van der Waals surface area contributed by atoms with Crippen LogP contribution in [0.2, 0.25) is 0 Å². The second-order valence-corrected chi connectivity index (χ2v) is 3.86. The molecule has 0 bridgehead atoms. The number of amides is 1. The van der Waals surface area contributed by atoms with Crippen LogP contribution in [0.1, 0.15) is 48.5 Å². The van der Waals surface area contributed by atoms with Crippen molar-refractivity contribution in [3.05, 3.63) is 35.4 Å². The Morgan fingerprint density at radius 3 is 2.67 bits per heavy atom. The van der Waals surface area contributed by atoms with Crippen LogP contribution in [0.25, 0.3) is 0 Å². The molecule has 1 atom stereocenters. The predicted molar refractivity (Wildman–Crippen MR) is 63.2 cm³/mol. The highest BCUT2D eigenvalue weighted by molar-refractivity contribution is 5.95. The number of rotatable bonds is 4. The summed E-state index contributed by atoms with van der Waals surface area (Å²) in [6, 6.07) is 7.84. The maximum atomic E-state index is 11.6. The van der Waals surface area contributed by atoms with Gasteiger partial charge in [-0.25, -0.2) is 0 Å². The number of hydrogen-bond donors (Lipinski definition) is 1. The van der Waals surface area contributed by atoms with E-state index in [4.69, 9.17) is 0 Å². The lowest BCUT2D eigenvalue weighted by molar-refractivity contribution is 0.0961. The van der Waals surface area contributed by atoms with Crippen molar-refractivity contribution in [2.75, 3.05) is 7.05 Å². The van der Waals surface area contributed by atoms with E-state index in [1.165, 1.54) is 0 Å². The summed E-state index contributed by atoms with van der Waals surface area (Å²) < 4.78 is 0. The van der Waals surface area contributed by atoms with Gasteiger partial charge in [-0.15, -0.1) is 0 Å². The van der Waals surface area contributed by atoms with Gasteiger partial charge in [0.25, 0.3) is 5.91 Å². The van der Waals surface area contributed by atoms with Gasteiger partial charge in [-0.3, -0.25) is 4.79 Å². The molecule has 0 spiro atoms. The Hall–Kier alpha value is -1.31. The number of nitrogens with one attached hydrogen (secondary N) is 1. The zero-order chi connectivity index (χ0) is 11.3. The zero-order valence-electron chi connectivity index (χ0n) is 9.71. The zero-order valence-corrected chi connectivity index (χ0v) is 9.71. The van der Waals surface area contributed by atoms with E-state index < -0.39 is 0 Å². The van der Waals surface area contributed by atoms with Gasteiger partial charge in [-0.2, -0.15) is 0 Å². The van der Waals surface area contributed by atoms with Crippen molar-refractivity contribution in [1.82, 2.24) is 5.32 Å². The van der Waals surface area contributed by atoms with E-state index in [9.17, 15) is 4.79 Å². The fraction of sp³-hybridized carbons (Fsp3) is 0.462. The Morgan fingerprint density at radius 1 is 1.40 bits per heavy atom. The Morgan fingerprint density at radius 2 is 2.07 bits per heavy atom. The van der Waals surface area contributed by atoms with Crippen LogP contribution in [-0.4, -0.2) is 13.0 Å². The van der Waals surface area contributed by atoms with Crippen LogP contribution >= 0.6 is 0 Å². The minimum absolute atomic E-state index is 0.00792. The molecule has 1 N–H and O–H groups in total. The molecule has 1 rings (SSSR count). The smallest absolute Gasteiger partial charge is 0.251 e. The lowest BCUT2D eigenvalue weighted by Gasteiger charge is -2.14. The highest BCUT2D eigenvalue weighted by atomic mass is 16.1. The molecule has 0 aromatic heterocycles. The molecule has 2 heteroatoms. The maximum Gasteiger partial charge on any atom is 0.251 e. The van der Waals surface area contributed by atoms with E-state index in [0.717, 1.165) is 24.0 Å². The molecule has 0 aliphatic rings. The highest BCUT2D eigenvalue weighted by Crippen LogP contribution is 2.23. The molecular formula is C13H19NO. The third-order valence-corrected chi connectivity index (χ3v) is 2.69. The van der Waals surface area contributed by atoms with Gasteiger partial charge in [0.05, 0.1) is 0 Å². The topological polar surface area (TPSA) is 29.1 Å². The maximum absolute atomic E-state index is 11.6. The van der Waals surface area contributed by atoms with Gasteiger partial charge in [0.2, 0.25) is 0 Å². The molecule has 1 amide bonds. The lowest BCUT2D eigenvalue weighted by atomic mass is 9.92. The SMILES string of the molecule is CCCC(C)c1ccccc1C(=O)NC. The van der Waals surface area contributed by atoms with E-state index in [2.05, 4.69) is 19.2 Å². The van der Waals surface area contributed by atoms with E-state index >= 15 is 0 Å². The highest BCUT2D eigenvalue weighted by Gasteiger charge is 2.13. The molecule has 0 saturated heterocycles. The molecule has 0 saturated carbocycles. The van der Waals surface area contributed by atoms with Crippen molar-refractivity contribution in [2.24, 2.45) is 0 Å². The third-order valence-electron chi connectivity index (χ3n) is 2.69. The van der Waals surface area contributed by atoms with Crippen LogP contribution in [0.5, 0.6) is 0 Å². The molecular weight excluding hydrogens is 186 g/mol. The number of carbonyl (C=O) groups excluding carboxylic acids is 1. The summed E-state index contributed by atoms with van der Waals surface area (Å²) in [5, 5.41) is 2.68. The molecule has 1 aromatic carbocycles. The first-order chi connectivity index (χ1) is 7.20. The molecule has 15 heavy (non-hydrogen) atoms. The van der Waals surface area contributed by atoms with Gasteiger partial charge in [-0.1, -0.05) is 38.5 Å². The van der Waals surface area contributed by atoms with Crippen molar-refractivity contribution < 1.29 is 4.79 Å². The van der Waals surface area contributed by atoms with E-state index in [1.807, 2.05) is 24.3 Å². The minimum Gasteiger partial charge on any atom is -0.355 e. The molecule has 1 aromatic rings. The van der Waals surface area contributed by atoms with E-state index in [-0.39, 0.29) is 5.91 Å². The summed E-state index contributed by atoms with van der Waals surface area (Å²) in [4.78, 5) is 11.6. The number of hydrogen-bond acceptors (Lipinski definition) is 1. The van der Waals surface area contributed by atoms with E-state index in [0.29, 0.717) is 5.92 Å². The summed E-state index contributed by atoms with van der Waals surface area (Å²) in [6.07, 6.45) is 2.26. The summed E-state index contributed by atoms with van der Waals surface area (Å²) in [5.41, 5.74) is 1.96. The summed E-state index contributed by atoms with van der Waals surface area (Å²) in [5.74, 6) is 0.456. The molecule has 2 nitrogen and oxygen atoms in total. The molecule has 0 fully saturated rings. The number of benzene rings is 1. The second kappa shape index (κ2) is 5.54. The molecule has 0 heterocycles. The normalized spacial score (nSPS) is 12.2. The molecule has 1 unspecified atom stereocenters. The van der Waals surface area contributed by atoms with Gasteiger partial charge < -0.3 is 5.32 Å². The summed E-state index contributed by atoms with van der Waals surface area (Å²) in [6.45, 7) is 4.34. The quantitative estimate of drug-likeness (QED) is 0.804. The van der Waals surface area contributed by atoms with Crippen LogP contribution in [0.15, 0.2) is 24.3 Å². The molecule has 0 aliphatic carbocycles. The van der Waals surface area contributed by atoms with Crippen LogP contribution in [0.3, 0.4) is 0 Å². The lowest BCUT2D eigenvalue weighted by Crippen LogP contribution is -2.20. The van der Waals surface area contributed by atoms with Crippen molar-refractivity contribution in [2.45, 2.75) is 32.6 Å². The predicted octanol–water partition coefficient (Wildman–Crippen LogP) is 2.95. The Balaban J connectivity index is 3.00. The molecule has 0 radical (unpaired) electrons. The Labute approximate surface area is 91.7 Å². The van der Waals surface area contributed by atoms with Gasteiger partial charge in [-0.05, 0) is 24.0 Å².